The van der Waals surface area contributed by atoms with E-state index >= 15 is 0 Å². The molecule has 3 amide bonds. The summed E-state index contributed by atoms with van der Waals surface area (Å²) in [4.78, 5) is 41.4. The minimum absolute atomic E-state index is 0.122. The molecule has 2 N–H and O–H groups in total. The zero-order chi connectivity index (χ0) is 21.3. The molecule has 156 valence electrons. The third-order valence-corrected chi connectivity index (χ3v) is 5.70. The highest BCUT2D eigenvalue weighted by molar-refractivity contribution is 6.09. The fourth-order valence-electron chi connectivity index (χ4n) is 4.24. The lowest BCUT2D eigenvalue weighted by Crippen LogP contribution is -2.48. The zero-order valence-electron chi connectivity index (χ0n) is 16.5. The molecule has 2 aliphatic heterocycles. The fourth-order valence-corrected chi connectivity index (χ4v) is 4.24. The number of methoxy groups -OCH3 is 1. The van der Waals surface area contributed by atoms with Crippen molar-refractivity contribution in [1.29, 1.82) is 0 Å². The molecule has 2 atom stereocenters. The van der Waals surface area contributed by atoms with Gasteiger partial charge in [0, 0.05) is 13.0 Å². The molecule has 0 unspecified atom stereocenters. The molecule has 0 bridgehead atoms. The summed E-state index contributed by atoms with van der Waals surface area (Å²) in [5.74, 6) is -0.939. The Hall–Kier alpha value is -3.23. The SMILES string of the molecule is COC(=O)[C@@H]1C[C@H](O)CN1CN1C(=O)NC(c2ccccc2)(c2ccccc2)C1=O. The first-order valence-corrected chi connectivity index (χ1v) is 9.72. The van der Waals surface area contributed by atoms with E-state index in [0.29, 0.717) is 11.1 Å². The number of amides is 3. The summed E-state index contributed by atoms with van der Waals surface area (Å²) in [7, 11) is 1.27. The van der Waals surface area contributed by atoms with Crippen molar-refractivity contribution in [2.24, 2.45) is 0 Å². The third-order valence-electron chi connectivity index (χ3n) is 5.70. The highest BCUT2D eigenvalue weighted by Gasteiger charge is 2.54. The molecule has 30 heavy (non-hydrogen) atoms. The first kappa shape index (κ1) is 20.1. The number of imide groups is 1. The quantitative estimate of drug-likeness (QED) is 0.566. The number of hydrogen-bond acceptors (Lipinski definition) is 6. The molecule has 0 aromatic heterocycles. The summed E-state index contributed by atoms with van der Waals surface area (Å²) >= 11 is 0. The number of aliphatic hydroxyl groups is 1. The van der Waals surface area contributed by atoms with Gasteiger partial charge in [-0.1, -0.05) is 60.7 Å². The highest BCUT2D eigenvalue weighted by atomic mass is 16.5. The van der Waals surface area contributed by atoms with Crippen molar-refractivity contribution in [3.8, 4) is 0 Å². The van der Waals surface area contributed by atoms with Crippen LogP contribution in [-0.4, -0.2) is 65.3 Å². The minimum Gasteiger partial charge on any atom is -0.468 e. The van der Waals surface area contributed by atoms with E-state index < -0.39 is 35.6 Å². The maximum Gasteiger partial charge on any atom is 0.326 e. The minimum atomic E-state index is -1.36. The van der Waals surface area contributed by atoms with Gasteiger partial charge in [-0.15, -0.1) is 0 Å². The third kappa shape index (κ3) is 3.24. The molecule has 8 heteroatoms. The average Bonchev–Trinajstić information content (AvgIpc) is 3.27. The van der Waals surface area contributed by atoms with Gasteiger partial charge in [0.2, 0.25) is 0 Å². The van der Waals surface area contributed by atoms with Crippen LogP contribution in [-0.2, 0) is 19.9 Å². The van der Waals surface area contributed by atoms with Crippen LogP contribution in [0.15, 0.2) is 60.7 Å². The summed E-state index contributed by atoms with van der Waals surface area (Å²) in [5.41, 5.74) is -0.0790. The fraction of sp³-hybridized carbons (Fsp3) is 0.318. The second kappa shape index (κ2) is 7.89. The molecule has 2 aromatic rings. The van der Waals surface area contributed by atoms with E-state index in [1.54, 1.807) is 29.2 Å². The molecule has 0 spiro atoms. The van der Waals surface area contributed by atoms with Crippen LogP contribution in [0.3, 0.4) is 0 Å². The topological polar surface area (TPSA) is 99.2 Å². The normalized spacial score (nSPS) is 23.5. The van der Waals surface area contributed by atoms with Crippen molar-refractivity contribution in [2.45, 2.75) is 24.1 Å². The van der Waals surface area contributed by atoms with Gasteiger partial charge in [0.25, 0.3) is 5.91 Å². The molecule has 8 nitrogen and oxygen atoms in total. The van der Waals surface area contributed by atoms with Gasteiger partial charge in [0.1, 0.15) is 6.04 Å². The summed E-state index contributed by atoms with van der Waals surface area (Å²) in [6.07, 6.45) is -0.540. The van der Waals surface area contributed by atoms with E-state index in [1.165, 1.54) is 7.11 Å². The largest absolute Gasteiger partial charge is 0.468 e. The van der Waals surface area contributed by atoms with Gasteiger partial charge in [0.15, 0.2) is 5.54 Å². The highest BCUT2D eigenvalue weighted by Crippen LogP contribution is 2.36. The van der Waals surface area contributed by atoms with Gasteiger partial charge in [-0.25, -0.2) is 9.69 Å². The van der Waals surface area contributed by atoms with E-state index in [0.717, 1.165) is 4.90 Å². The number of hydrogen-bond donors (Lipinski definition) is 2. The van der Waals surface area contributed by atoms with Crippen LogP contribution in [0.25, 0.3) is 0 Å². The first-order valence-electron chi connectivity index (χ1n) is 9.72. The van der Waals surface area contributed by atoms with Crippen LogP contribution < -0.4 is 5.32 Å². The predicted molar refractivity (Wildman–Crippen MR) is 107 cm³/mol. The molecule has 2 saturated heterocycles. The number of aliphatic hydroxyl groups excluding tert-OH is 1. The molecule has 0 radical (unpaired) electrons. The molecular formula is C22H23N3O5. The molecule has 2 heterocycles. The maximum absolute atomic E-state index is 13.7. The standard InChI is InChI=1S/C22H23N3O5/c1-30-19(27)18-12-17(26)13-24(18)14-25-20(28)22(23-21(25)29,15-8-4-2-5-9-15)16-10-6-3-7-11-16/h2-11,17-18,26H,12-14H2,1H3,(H,23,29)/t17-,18-/m0/s1. The molecule has 2 aromatic carbocycles. The van der Waals surface area contributed by atoms with E-state index in [1.807, 2.05) is 36.4 Å². The number of ether oxygens (including phenoxy) is 1. The Kier molecular flexibility index (Phi) is 5.27. The number of carbonyl (C=O) groups excluding carboxylic acids is 3. The number of benzene rings is 2. The van der Waals surface area contributed by atoms with E-state index in [-0.39, 0.29) is 19.6 Å². The Bertz CT molecular complexity index is 910. The Morgan fingerprint density at radius 1 is 1.10 bits per heavy atom. The zero-order valence-corrected chi connectivity index (χ0v) is 16.5. The Morgan fingerprint density at radius 3 is 2.20 bits per heavy atom. The summed E-state index contributed by atoms with van der Waals surface area (Å²) in [6.45, 7) is 0.0451. The van der Waals surface area contributed by atoms with Gasteiger partial charge in [-0.05, 0) is 11.1 Å². The molecular weight excluding hydrogens is 386 g/mol. The number of esters is 1. The molecule has 4 rings (SSSR count). The van der Waals surface area contributed by atoms with Gasteiger partial charge < -0.3 is 15.2 Å². The van der Waals surface area contributed by atoms with E-state index in [2.05, 4.69) is 5.32 Å². The predicted octanol–water partition coefficient (Wildman–Crippen LogP) is 1.05. The number of β-amino-alcohol motifs (C(OH)–C–C–N with tert-alkyl or cyclic N) is 1. The number of carbonyl (C=O) groups is 3. The van der Waals surface area contributed by atoms with Crippen LogP contribution in [0.5, 0.6) is 0 Å². The van der Waals surface area contributed by atoms with Crippen molar-refractivity contribution < 1.29 is 24.2 Å². The van der Waals surface area contributed by atoms with Gasteiger partial charge in [-0.2, -0.15) is 0 Å². The van der Waals surface area contributed by atoms with Gasteiger partial charge >= 0.3 is 12.0 Å². The average molecular weight is 409 g/mol. The van der Waals surface area contributed by atoms with Crippen molar-refractivity contribution in [1.82, 2.24) is 15.1 Å². The molecule has 2 fully saturated rings. The summed E-state index contributed by atoms with van der Waals surface area (Å²) in [6, 6.07) is 16.8. The second-order valence-electron chi connectivity index (χ2n) is 7.49. The number of urea groups is 1. The van der Waals surface area contributed by atoms with Gasteiger partial charge in [0.05, 0.1) is 19.9 Å². The van der Waals surface area contributed by atoms with Crippen molar-refractivity contribution in [3.05, 3.63) is 71.8 Å². The van der Waals surface area contributed by atoms with Crippen molar-refractivity contribution in [2.75, 3.05) is 20.3 Å². The Labute approximate surface area is 174 Å². The Morgan fingerprint density at radius 2 is 1.67 bits per heavy atom. The number of nitrogens with one attached hydrogen (secondary N) is 1. The first-order chi connectivity index (χ1) is 14.5. The van der Waals surface area contributed by atoms with Crippen LogP contribution in [0.4, 0.5) is 4.79 Å². The molecule has 2 aliphatic rings. The lowest BCUT2D eigenvalue weighted by atomic mass is 9.83. The van der Waals surface area contributed by atoms with Crippen molar-refractivity contribution >= 4 is 17.9 Å². The van der Waals surface area contributed by atoms with Crippen molar-refractivity contribution in [3.63, 3.8) is 0 Å². The second-order valence-corrected chi connectivity index (χ2v) is 7.49. The lowest BCUT2D eigenvalue weighted by molar-refractivity contribution is -0.147. The van der Waals surface area contributed by atoms with Crippen LogP contribution >= 0.6 is 0 Å². The number of nitrogens with zero attached hydrogens (tertiary/aromatic N) is 2. The maximum atomic E-state index is 13.7. The monoisotopic (exact) mass is 409 g/mol. The number of likely N-dealkylation sites (tertiary alicyclic amines) is 1. The summed E-state index contributed by atoms with van der Waals surface area (Å²) < 4.78 is 4.81. The number of rotatable bonds is 5. The Balaban J connectivity index is 1.70. The smallest absolute Gasteiger partial charge is 0.326 e. The van der Waals surface area contributed by atoms with E-state index in [4.69, 9.17) is 4.74 Å². The van der Waals surface area contributed by atoms with E-state index in [9.17, 15) is 19.5 Å². The van der Waals surface area contributed by atoms with Gasteiger partial charge in [-0.3, -0.25) is 14.5 Å². The summed E-state index contributed by atoms with van der Waals surface area (Å²) in [5, 5.41) is 12.9. The lowest BCUT2D eigenvalue weighted by Gasteiger charge is -2.29. The van der Waals surface area contributed by atoms with Crippen LogP contribution in [0.1, 0.15) is 17.5 Å². The van der Waals surface area contributed by atoms with Crippen LogP contribution in [0.2, 0.25) is 0 Å². The van der Waals surface area contributed by atoms with Crippen LogP contribution in [0, 0.1) is 0 Å². The molecule has 0 saturated carbocycles. The molecule has 0 aliphatic carbocycles.